The van der Waals surface area contributed by atoms with Crippen LogP contribution in [0.25, 0.3) is 0 Å². The molecule has 0 saturated carbocycles. The molecule has 4 heteroatoms. The van der Waals surface area contributed by atoms with Crippen molar-refractivity contribution in [2.24, 2.45) is 0 Å². The lowest BCUT2D eigenvalue weighted by Crippen LogP contribution is -2.53. The van der Waals surface area contributed by atoms with Gasteiger partial charge in [-0.25, -0.2) is 9.37 Å². The molecule has 1 fully saturated rings. The molecule has 2 rings (SSSR count). The molecule has 1 N–H and O–H groups in total. The van der Waals surface area contributed by atoms with Crippen LogP contribution in [0.15, 0.2) is 18.3 Å². The van der Waals surface area contributed by atoms with Crippen LogP contribution < -0.4 is 10.1 Å². The molecule has 2 heterocycles. The average molecular weight is 182 g/mol. The highest BCUT2D eigenvalue weighted by molar-refractivity contribution is 5.34. The van der Waals surface area contributed by atoms with Crippen LogP contribution in [0.5, 0.6) is 5.88 Å². The fraction of sp³-hybridized carbons (Fsp3) is 0.444. The van der Waals surface area contributed by atoms with Crippen molar-refractivity contribution in [1.82, 2.24) is 10.3 Å². The Balaban J connectivity index is 2.38. The first-order valence-corrected chi connectivity index (χ1v) is 4.15. The van der Waals surface area contributed by atoms with Crippen molar-refractivity contribution in [3.05, 3.63) is 23.9 Å². The minimum atomic E-state index is -1.29. The van der Waals surface area contributed by atoms with E-state index < -0.39 is 5.67 Å². The Labute approximate surface area is 75.9 Å². The Bertz CT molecular complexity index is 312. The molecule has 1 aliphatic rings. The molecule has 1 aromatic rings. The Morgan fingerprint density at radius 3 is 2.92 bits per heavy atom. The summed E-state index contributed by atoms with van der Waals surface area (Å²) in [5, 5.41) is 2.89. The van der Waals surface area contributed by atoms with Crippen LogP contribution in [0.2, 0.25) is 0 Å². The van der Waals surface area contributed by atoms with Crippen LogP contribution in [-0.2, 0) is 5.67 Å². The van der Waals surface area contributed by atoms with Gasteiger partial charge in [0.05, 0.1) is 12.7 Å². The minimum absolute atomic E-state index is 0.342. The smallest absolute Gasteiger partial charge is 0.219 e. The van der Waals surface area contributed by atoms with E-state index in [-0.39, 0.29) is 0 Å². The van der Waals surface area contributed by atoms with Crippen molar-refractivity contribution in [2.75, 3.05) is 20.2 Å². The molecule has 1 saturated heterocycles. The lowest BCUT2D eigenvalue weighted by atomic mass is 9.91. The lowest BCUT2D eigenvalue weighted by Gasteiger charge is -2.35. The summed E-state index contributed by atoms with van der Waals surface area (Å²) in [7, 11) is 1.50. The summed E-state index contributed by atoms with van der Waals surface area (Å²) in [6.45, 7) is 0.685. The zero-order chi connectivity index (χ0) is 9.31. The van der Waals surface area contributed by atoms with E-state index in [4.69, 9.17) is 4.74 Å². The van der Waals surface area contributed by atoms with Crippen molar-refractivity contribution >= 4 is 0 Å². The molecule has 0 aliphatic carbocycles. The van der Waals surface area contributed by atoms with Gasteiger partial charge in [-0.15, -0.1) is 0 Å². The number of alkyl halides is 1. The summed E-state index contributed by atoms with van der Waals surface area (Å²) in [5.41, 5.74) is -0.754. The van der Waals surface area contributed by atoms with Crippen molar-refractivity contribution in [2.45, 2.75) is 5.67 Å². The molecule has 1 aromatic heterocycles. The molecule has 0 radical (unpaired) electrons. The van der Waals surface area contributed by atoms with Crippen molar-refractivity contribution in [1.29, 1.82) is 0 Å². The number of ether oxygens (including phenoxy) is 1. The molecule has 0 atom stereocenters. The van der Waals surface area contributed by atoms with Crippen LogP contribution in [0, 0.1) is 0 Å². The summed E-state index contributed by atoms with van der Waals surface area (Å²) in [4.78, 5) is 3.96. The lowest BCUT2D eigenvalue weighted by molar-refractivity contribution is 0.0850. The summed E-state index contributed by atoms with van der Waals surface area (Å²) in [5.74, 6) is 0.381. The Morgan fingerprint density at radius 2 is 2.38 bits per heavy atom. The monoisotopic (exact) mass is 182 g/mol. The zero-order valence-corrected chi connectivity index (χ0v) is 7.38. The highest BCUT2D eigenvalue weighted by Crippen LogP contribution is 2.34. The predicted molar refractivity (Wildman–Crippen MR) is 46.4 cm³/mol. The van der Waals surface area contributed by atoms with E-state index in [9.17, 15) is 4.39 Å². The topological polar surface area (TPSA) is 34.1 Å². The third-order valence-electron chi connectivity index (χ3n) is 2.26. The molecule has 1 aliphatic heterocycles. The molecule has 13 heavy (non-hydrogen) atoms. The Hall–Kier alpha value is -1.16. The summed E-state index contributed by atoms with van der Waals surface area (Å²) in [6.07, 6.45) is 1.60. The SMILES string of the molecule is COc1ncccc1C1(F)CNC1. The van der Waals surface area contributed by atoms with E-state index in [1.54, 1.807) is 18.3 Å². The van der Waals surface area contributed by atoms with Crippen LogP contribution in [0.1, 0.15) is 5.56 Å². The van der Waals surface area contributed by atoms with Gasteiger partial charge < -0.3 is 10.1 Å². The Kier molecular flexibility index (Phi) is 1.92. The van der Waals surface area contributed by atoms with Crippen molar-refractivity contribution in [3.8, 4) is 5.88 Å². The van der Waals surface area contributed by atoms with Gasteiger partial charge in [0.25, 0.3) is 0 Å². The van der Waals surface area contributed by atoms with Crippen molar-refractivity contribution < 1.29 is 9.13 Å². The number of nitrogens with zero attached hydrogens (tertiary/aromatic N) is 1. The van der Waals surface area contributed by atoms with Gasteiger partial charge in [0.15, 0.2) is 5.67 Å². The van der Waals surface area contributed by atoms with Gasteiger partial charge in [-0.1, -0.05) is 0 Å². The molecule has 3 nitrogen and oxygen atoms in total. The molecule has 70 valence electrons. The number of aromatic nitrogens is 1. The maximum Gasteiger partial charge on any atom is 0.219 e. The molecular weight excluding hydrogens is 171 g/mol. The minimum Gasteiger partial charge on any atom is -0.481 e. The molecule has 0 amide bonds. The van der Waals surface area contributed by atoms with E-state index in [2.05, 4.69) is 10.3 Å². The zero-order valence-electron chi connectivity index (χ0n) is 7.38. The second kappa shape index (κ2) is 2.96. The first-order valence-electron chi connectivity index (χ1n) is 4.15. The van der Waals surface area contributed by atoms with Crippen LogP contribution >= 0.6 is 0 Å². The van der Waals surface area contributed by atoms with Crippen LogP contribution in [-0.4, -0.2) is 25.2 Å². The van der Waals surface area contributed by atoms with E-state index >= 15 is 0 Å². The maximum atomic E-state index is 13.9. The molecule has 0 spiro atoms. The third kappa shape index (κ3) is 1.27. The quantitative estimate of drug-likeness (QED) is 0.736. The number of nitrogens with one attached hydrogen (secondary N) is 1. The highest BCUT2D eigenvalue weighted by atomic mass is 19.1. The standard InChI is InChI=1S/C9H11FN2O/c1-13-8-7(3-2-4-12-8)9(10)5-11-6-9/h2-4,11H,5-6H2,1H3. The second-order valence-electron chi connectivity index (χ2n) is 3.13. The first-order chi connectivity index (χ1) is 6.26. The first kappa shape index (κ1) is 8.44. The normalized spacial score (nSPS) is 19.2. The highest BCUT2D eigenvalue weighted by Gasteiger charge is 2.41. The number of hydrogen-bond acceptors (Lipinski definition) is 3. The molecule has 0 aromatic carbocycles. The number of pyridine rings is 1. The van der Waals surface area contributed by atoms with Gasteiger partial charge in [-0.3, -0.25) is 0 Å². The summed E-state index contributed by atoms with van der Waals surface area (Å²) >= 11 is 0. The van der Waals surface area contributed by atoms with Gasteiger partial charge in [-0.2, -0.15) is 0 Å². The number of halogens is 1. The van der Waals surface area contributed by atoms with Gasteiger partial charge >= 0.3 is 0 Å². The summed E-state index contributed by atoms with van der Waals surface area (Å²) in [6, 6.07) is 3.43. The third-order valence-corrected chi connectivity index (χ3v) is 2.26. The van der Waals surface area contributed by atoms with E-state index in [1.807, 2.05) is 0 Å². The van der Waals surface area contributed by atoms with Crippen LogP contribution in [0.3, 0.4) is 0 Å². The van der Waals surface area contributed by atoms with Crippen molar-refractivity contribution in [3.63, 3.8) is 0 Å². The predicted octanol–water partition coefficient (Wildman–Crippen LogP) is 0.858. The molecule has 0 unspecified atom stereocenters. The summed E-state index contributed by atoms with van der Waals surface area (Å²) < 4.78 is 18.9. The van der Waals surface area contributed by atoms with Gasteiger partial charge in [-0.05, 0) is 12.1 Å². The largest absolute Gasteiger partial charge is 0.481 e. The number of hydrogen-bond donors (Lipinski definition) is 1. The van der Waals surface area contributed by atoms with E-state index in [1.165, 1.54) is 7.11 Å². The van der Waals surface area contributed by atoms with Gasteiger partial charge in [0.2, 0.25) is 5.88 Å². The fourth-order valence-electron chi connectivity index (χ4n) is 1.43. The average Bonchev–Trinajstić information content (AvgIpc) is 2.14. The maximum absolute atomic E-state index is 13.9. The Morgan fingerprint density at radius 1 is 1.62 bits per heavy atom. The second-order valence-corrected chi connectivity index (χ2v) is 3.13. The molecule has 0 bridgehead atoms. The van der Waals surface area contributed by atoms with Gasteiger partial charge in [0.1, 0.15) is 0 Å². The number of rotatable bonds is 2. The number of methoxy groups -OCH3 is 1. The van der Waals surface area contributed by atoms with Crippen LogP contribution in [0.4, 0.5) is 4.39 Å². The fourth-order valence-corrected chi connectivity index (χ4v) is 1.43. The van der Waals surface area contributed by atoms with E-state index in [0.717, 1.165) is 0 Å². The van der Waals surface area contributed by atoms with Gasteiger partial charge in [0, 0.05) is 19.3 Å². The molecular formula is C9H11FN2O. The van der Waals surface area contributed by atoms with E-state index in [0.29, 0.717) is 24.5 Å².